The standard InChI is InChI=1S/C17H18N2O4S/c1-2-15(24-12-5-3-4-10(18)8-12)16(21)19-11-6-7-14(20)13(9-11)17(22)23/h3-9,15,20H,2,18H2,1H3,(H,19,21)(H,22,23). The zero-order valence-electron chi connectivity index (χ0n) is 13.0. The molecule has 6 nitrogen and oxygen atoms in total. The number of aromatic carboxylic acids is 1. The molecule has 0 aliphatic heterocycles. The Balaban J connectivity index is 2.12. The van der Waals surface area contributed by atoms with E-state index >= 15 is 0 Å². The number of nitrogens with two attached hydrogens (primary N) is 1. The molecular weight excluding hydrogens is 328 g/mol. The number of carboxylic acid groups (broad SMARTS) is 1. The number of carbonyl (C=O) groups is 2. The van der Waals surface area contributed by atoms with Gasteiger partial charge in [0, 0.05) is 16.3 Å². The fourth-order valence-corrected chi connectivity index (χ4v) is 3.10. The molecule has 1 amide bonds. The van der Waals surface area contributed by atoms with Crippen LogP contribution in [0.4, 0.5) is 11.4 Å². The highest BCUT2D eigenvalue weighted by atomic mass is 32.2. The van der Waals surface area contributed by atoms with Crippen LogP contribution in [0.1, 0.15) is 23.7 Å². The van der Waals surface area contributed by atoms with E-state index in [1.54, 1.807) is 12.1 Å². The average molecular weight is 346 g/mol. The van der Waals surface area contributed by atoms with Crippen molar-refractivity contribution in [2.45, 2.75) is 23.5 Å². The van der Waals surface area contributed by atoms with Crippen LogP contribution in [-0.2, 0) is 4.79 Å². The summed E-state index contributed by atoms with van der Waals surface area (Å²) in [7, 11) is 0. The van der Waals surface area contributed by atoms with Crippen molar-refractivity contribution in [1.82, 2.24) is 0 Å². The molecule has 1 atom stereocenters. The number of nitrogen functional groups attached to an aromatic ring is 1. The van der Waals surface area contributed by atoms with E-state index in [4.69, 9.17) is 10.8 Å². The number of amides is 1. The van der Waals surface area contributed by atoms with Gasteiger partial charge in [0.1, 0.15) is 11.3 Å². The summed E-state index contributed by atoms with van der Waals surface area (Å²) in [5.41, 5.74) is 6.43. The molecule has 0 saturated heterocycles. The molecule has 0 aromatic heterocycles. The quantitative estimate of drug-likeness (QED) is 0.363. The van der Waals surface area contributed by atoms with Gasteiger partial charge >= 0.3 is 5.97 Å². The summed E-state index contributed by atoms with van der Waals surface area (Å²) < 4.78 is 0. The number of aromatic hydroxyl groups is 1. The lowest BCUT2D eigenvalue weighted by Gasteiger charge is -2.15. The Hall–Kier alpha value is -2.67. The van der Waals surface area contributed by atoms with Gasteiger partial charge in [-0.05, 0) is 42.8 Å². The minimum atomic E-state index is -1.26. The van der Waals surface area contributed by atoms with Crippen LogP contribution in [-0.4, -0.2) is 27.3 Å². The molecule has 0 radical (unpaired) electrons. The van der Waals surface area contributed by atoms with Gasteiger partial charge in [-0.25, -0.2) is 4.79 Å². The maximum absolute atomic E-state index is 12.4. The molecule has 5 N–H and O–H groups in total. The molecule has 2 rings (SSSR count). The Morgan fingerprint density at radius 3 is 2.62 bits per heavy atom. The zero-order valence-corrected chi connectivity index (χ0v) is 13.8. The van der Waals surface area contributed by atoms with Gasteiger partial charge in [0.15, 0.2) is 0 Å². The highest BCUT2D eigenvalue weighted by Crippen LogP contribution is 2.28. The highest BCUT2D eigenvalue weighted by molar-refractivity contribution is 8.00. The van der Waals surface area contributed by atoms with Crippen molar-refractivity contribution in [1.29, 1.82) is 0 Å². The van der Waals surface area contributed by atoms with Crippen LogP contribution < -0.4 is 11.1 Å². The molecule has 2 aromatic carbocycles. The molecule has 0 spiro atoms. The third-order valence-corrected chi connectivity index (χ3v) is 4.65. The third-order valence-electron chi connectivity index (χ3n) is 3.29. The van der Waals surface area contributed by atoms with Crippen LogP contribution in [0, 0.1) is 0 Å². The lowest BCUT2D eigenvalue weighted by atomic mass is 10.1. The number of nitrogens with one attached hydrogen (secondary N) is 1. The van der Waals surface area contributed by atoms with E-state index in [1.807, 2.05) is 19.1 Å². The smallest absolute Gasteiger partial charge is 0.339 e. The molecule has 2 aromatic rings. The second-order valence-corrected chi connectivity index (χ2v) is 6.39. The van der Waals surface area contributed by atoms with Crippen molar-refractivity contribution in [2.75, 3.05) is 11.1 Å². The number of rotatable bonds is 6. The van der Waals surface area contributed by atoms with E-state index in [9.17, 15) is 14.7 Å². The van der Waals surface area contributed by atoms with Crippen LogP contribution in [0.2, 0.25) is 0 Å². The van der Waals surface area contributed by atoms with Gasteiger partial charge < -0.3 is 21.3 Å². The lowest BCUT2D eigenvalue weighted by molar-refractivity contribution is -0.115. The molecule has 0 heterocycles. The van der Waals surface area contributed by atoms with E-state index < -0.39 is 5.97 Å². The normalized spacial score (nSPS) is 11.7. The van der Waals surface area contributed by atoms with Crippen molar-refractivity contribution in [2.24, 2.45) is 0 Å². The fraction of sp³-hybridized carbons (Fsp3) is 0.176. The monoisotopic (exact) mass is 346 g/mol. The Kier molecular flexibility index (Phi) is 5.70. The van der Waals surface area contributed by atoms with Gasteiger partial charge in [0.2, 0.25) is 5.91 Å². The fourth-order valence-electron chi connectivity index (χ4n) is 2.08. The number of anilines is 2. The second kappa shape index (κ2) is 7.74. The summed E-state index contributed by atoms with van der Waals surface area (Å²) in [6.07, 6.45) is 0.592. The van der Waals surface area contributed by atoms with E-state index in [0.717, 1.165) is 4.90 Å². The van der Waals surface area contributed by atoms with Crippen LogP contribution >= 0.6 is 11.8 Å². The first-order valence-corrected chi connectivity index (χ1v) is 8.18. The molecule has 0 aliphatic rings. The van der Waals surface area contributed by atoms with Gasteiger partial charge in [-0.1, -0.05) is 13.0 Å². The van der Waals surface area contributed by atoms with Gasteiger partial charge in [0.05, 0.1) is 5.25 Å². The molecule has 1 unspecified atom stereocenters. The zero-order chi connectivity index (χ0) is 17.7. The van der Waals surface area contributed by atoms with E-state index in [-0.39, 0.29) is 22.5 Å². The largest absolute Gasteiger partial charge is 0.507 e. The molecule has 0 bridgehead atoms. The summed E-state index contributed by atoms with van der Waals surface area (Å²) in [5.74, 6) is -1.85. The summed E-state index contributed by atoms with van der Waals surface area (Å²) in [6.45, 7) is 1.89. The van der Waals surface area contributed by atoms with E-state index in [0.29, 0.717) is 17.8 Å². The van der Waals surface area contributed by atoms with Gasteiger partial charge in [-0.15, -0.1) is 11.8 Å². The second-order valence-electron chi connectivity index (χ2n) is 5.11. The van der Waals surface area contributed by atoms with Gasteiger partial charge in [0.25, 0.3) is 0 Å². The highest BCUT2D eigenvalue weighted by Gasteiger charge is 2.19. The number of benzene rings is 2. The summed E-state index contributed by atoms with van der Waals surface area (Å²) >= 11 is 1.39. The van der Waals surface area contributed by atoms with Gasteiger partial charge in [-0.2, -0.15) is 0 Å². The summed E-state index contributed by atoms with van der Waals surface area (Å²) in [4.78, 5) is 24.3. The molecule has 0 aliphatic carbocycles. The molecule has 126 valence electrons. The minimum absolute atomic E-state index is 0.244. The van der Waals surface area contributed by atoms with Gasteiger partial charge in [-0.3, -0.25) is 4.79 Å². The van der Waals surface area contributed by atoms with Crippen LogP contribution in [0.15, 0.2) is 47.4 Å². The molecule has 7 heteroatoms. The first kappa shape index (κ1) is 17.7. The Morgan fingerprint density at radius 2 is 2.00 bits per heavy atom. The predicted molar refractivity (Wildman–Crippen MR) is 94.5 cm³/mol. The maximum Gasteiger partial charge on any atom is 0.339 e. The number of hydrogen-bond donors (Lipinski definition) is 4. The number of phenols is 1. The average Bonchev–Trinajstić information content (AvgIpc) is 2.54. The minimum Gasteiger partial charge on any atom is -0.507 e. The third kappa shape index (κ3) is 4.42. The molecule has 24 heavy (non-hydrogen) atoms. The number of carboxylic acids is 1. The maximum atomic E-state index is 12.4. The number of thioether (sulfide) groups is 1. The van der Waals surface area contributed by atoms with Crippen molar-refractivity contribution < 1.29 is 19.8 Å². The van der Waals surface area contributed by atoms with Crippen molar-refractivity contribution in [3.63, 3.8) is 0 Å². The van der Waals surface area contributed by atoms with Crippen LogP contribution in [0.25, 0.3) is 0 Å². The van der Waals surface area contributed by atoms with Crippen LogP contribution in [0.3, 0.4) is 0 Å². The first-order valence-electron chi connectivity index (χ1n) is 7.30. The number of carbonyl (C=O) groups excluding carboxylic acids is 1. The lowest BCUT2D eigenvalue weighted by Crippen LogP contribution is -2.24. The first-order chi connectivity index (χ1) is 11.4. The van der Waals surface area contributed by atoms with Crippen molar-refractivity contribution >= 4 is 35.0 Å². The van der Waals surface area contributed by atoms with Crippen molar-refractivity contribution in [3.05, 3.63) is 48.0 Å². The summed E-state index contributed by atoms with van der Waals surface area (Å²) in [6, 6.07) is 11.2. The molecule has 0 fully saturated rings. The number of hydrogen-bond acceptors (Lipinski definition) is 5. The Bertz CT molecular complexity index is 764. The SMILES string of the molecule is CCC(Sc1cccc(N)c1)C(=O)Nc1ccc(O)c(C(=O)O)c1. The van der Waals surface area contributed by atoms with E-state index in [1.165, 1.54) is 30.0 Å². The summed E-state index contributed by atoms with van der Waals surface area (Å²) in [5, 5.41) is 20.8. The Labute approximate surface area is 143 Å². The van der Waals surface area contributed by atoms with Crippen molar-refractivity contribution in [3.8, 4) is 5.75 Å². The Morgan fingerprint density at radius 1 is 1.25 bits per heavy atom. The molecule has 0 saturated carbocycles. The molecular formula is C17H18N2O4S. The van der Waals surface area contributed by atoms with Crippen LogP contribution in [0.5, 0.6) is 5.75 Å². The van der Waals surface area contributed by atoms with E-state index in [2.05, 4.69) is 5.32 Å². The topological polar surface area (TPSA) is 113 Å². The predicted octanol–water partition coefficient (Wildman–Crippen LogP) is 3.18.